The lowest BCUT2D eigenvalue weighted by Gasteiger charge is -2.27. The number of aliphatic hydroxyl groups is 1. The third kappa shape index (κ3) is 4.70. The fourth-order valence-electron chi connectivity index (χ4n) is 3.17. The van der Waals surface area contributed by atoms with Gasteiger partial charge < -0.3 is 14.7 Å². The normalized spacial score (nSPS) is 15.0. The van der Waals surface area contributed by atoms with Crippen molar-refractivity contribution in [1.82, 2.24) is 4.90 Å². The van der Waals surface area contributed by atoms with Crippen LogP contribution in [0.3, 0.4) is 0 Å². The van der Waals surface area contributed by atoms with Crippen LogP contribution in [0.25, 0.3) is 0 Å². The lowest BCUT2D eigenvalue weighted by molar-refractivity contribution is -0.138. The van der Waals surface area contributed by atoms with Gasteiger partial charge in [0, 0.05) is 18.8 Å². The Hall–Kier alpha value is -2.42. The molecule has 1 saturated carbocycles. The highest BCUT2D eigenvalue weighted by atomic mass is 19.2. The van der Waals surface area contributed by atoms with Gasteiger partial charge in [-0.05, 0) is 25.8 Å². The van der Waals surface area contributed by atoms with Crippen LogP contribution in [0.5, 0.6) is 0 Å². The Morgan fingerprint density at radius 3 is 2.39 bits per heavy atom. The maximum absolute atomic E-state index is 14.1. The molecule has 2 rings (SSSR count). The van der Waals surface area contributed by atoms with E-state index in [2.05, 4.69) is 0 Å². The number of carbonyl (C=O) groups excluding carboxylic acids is 2. The first-order chi connectivity index (χ1) is 13.3. The van der Waals surface area contributed by atoms with Crippen LogP contribution >= 0.6 is 0 Å². The number of rotatable bonds is 8. The highest BCUT2D eigenvalue weighted by molar-refractivity contribution is 6.24. The SMILES string of the molecule is CCOC(=O)/C(=C/N(CCO)C1CCCC1)C(=O)c1cc(F)c(F)c(F)c1F. The van der Waals surface area contributed by atoms with E-state index in [9.17, 15) is 32.3 Å². The number of esters is 1. The van der Waals surface area contributed by atoms with E-state index in [-0.39, 0.29) is 31.9 Å². The number of hydrogen-bond donors (Lipinski definition) is 1. The van der Waals surface area contributed by atoms with E-state index in [0.29, 0.717) is 0 Å². The van der Waals surface area contributed by atoms with Crippen LogP contribution in [-0.4, -0.2) is 47.6 Å². The highest BCUT2D eigenvalue weighted by Crippen LogP contribution is 2.26. The van der Waals surface area contributed by atoms with Crippen LogP contribution < -0.4 is 0 Å². The molecule has 5 nitrogen and oxygen atoms in total. The molecule has 0 saturated heterocycles. The minimum atomic E-state index is -2.14. The second-order valence-corrected chi connectivity index (χ2v) is 6.34. The summed E-state index contributed by atoms with van der Waals surface area (Å²) in [6, 6.07) is 0.144. The van der Waals surface area contributed by atoms with Crippen LogP contribution in [0.1, 0.15) is 43.0 Å². The molecular formula is C19H21F4NO4. The van der Waals surface area contributed by atoms with Gasteiger partial charge in [-0.2, -0.15) is 0 Å². The molecule has 1 aromatic rings. The zero-order valence-corrected chi connectivity index (χ0v) is 15.3. The number of benzene rings is 1. The summed E-state index contributed by atoms with van der Waals surface area (Å²) >= 11 is 0. The monoisotopic (exact) mass is 403 g/mol. The van der Waals surface area contributed by atoms with E-state index in [1.165, 1.54) is 6.92 Å². The van der Waals surface area contributed by atoms with Crippen LogP contribution in [0, 0.1) is 23.3 Å². The van der Waals surface area contributed by atoms with Crippen LogP contribution in [0.15, 0.2) is 17.8 Å². The molecule has 154 valence electrons. The third-order valence-corrected chi connectivity index (χ3v) is 4.53. The van der Waals surface area contributed by atoms with Crippen molar-refractivity contribution in [3.05, 3.63) is 46.7 Å². The molecule has 0 bridgehead atoms. The first-order valence-corrected chi connectivity index (χ1v) is 8.95. The van der Waals surface area contributed by atoms with Gasteiger partial charge >= 0.3 is 5.97 Å². The summed E-state index contributed by atoms with van der Waals surface area (Å²) < 4.78 is 59.1. The minimum absolute atomic E-state index is 0.0593. The topological polar surface area (TPSA) is 66.8 Å². The molecule has 0 heterocycles. The van der Waals surface area contributed by atoms with Gasteiger partial charge in [-0.15, -0.1) is 0 Å². The first kappa shape index (κ1) is 21.9. The average Bonchev–Trinajstić information content (AvgIpc) is 3.20. The van der Waals surface area contributed by atoms with Gasteiger partial charge in [0.25, 0.3) is 0 Å². The van der Waals surface area contributed by atoms with Crippen molar-refractivity contribution in [2.45, 2.75) is 38.6 Å². The van der Waals surface area contributed by atoms with Crippen molar-refractivity contribution >= 4 is 11.8 Å². The average molecular weight is 403 g/mol. The number of ketones is 1. The van der Waals surface area contributed by atoms with E-state index >= 15 is 0 Å². The number of carbonyl (C=O) groups is 2. The van der Waals surface area contributed by atoms with Crippen molar-refractivity contribution in [3.63, 3.8) is 0 Å². The number of ether oxygens (including phenoxy) is 1. The molecule has 9 heteroatoms. The van der Waals surface area contributed by atoms with Crippen molar-refractivity contribution < 1.29 is 37.0 Å². The van der Waals surface area contributed by atoms with Crippen molar-refractivity contribution in [3.8, 4) is 0 Å². The van der Waals surface area contributed by atoms with Crippen LogP contribution in [0.2, 0.25) is 0 Å². The smallest absolute Gasteiger partial charge is 0.343 e. The molecule has 0 aromatic heterocycles. The molecule has 0 spiro atoms. The molecule has 0 amide bonds. The minimum Gasteiger partial charge on any atom is -0.462 e. The summed E-state index contributed by atoms with van der Waals surface area (Å²) in [5.74, 6) is -10.3. The molecule has 0 unspecified atom stereocenters. The Labute approximate surface area is 159 Å². The van der Waals surface area contributed by atoms with Crippen molar-refractivity contribution in [2.24, 2.45) is 0 Å². The van der Waals surface area contributed by atoms with E-state index in [0.717, 1.165) is 31.9 Å². The fraction of sp³-hybridized carbons (Fsp3) is 0.474. The molecule has 1 aliphatic rings. The largest absolute Gasteiger partial charge is 0.462 e. The molecular weight excluding hydrogens is 382 g/mol. The standard InChI is InChI=1S/C19H21F4NO4/c1-2-28-19(27)13(10-24(7-8-25)11-5-3-4-6-11)18(26)12-9-14(20)16(22)17(23)15(12)21/h9-11,25H,2-8H2,1H3/b13-10+. The van der Waals surface area contributed by atoms with E-state index in [4.69, 9.17) is 4.74 Å². The third-order valence-electron chi connectivity index (χ3n) is 4.53. The Bertz CT molecular complexity index is 776. The molecule has 0 radical (unpaired) electrons. The number of nitrogens with zero attached hydrogens (tertiary/aromatic N) is 1. The summed E-state index contributed by atoms with van der Waals surface area (Å²) in [5.41, 5.74) is -1.78. The van der Waals surface area contributed by atoms with Crippen LogP contribution in [-0.2, 0) is 9.53 Å². The number of aliphatic hydroxyl groups excluding tert-OH is 1. The van der Waals surface area contributed by atoms with Gasteiger partial charge in [-0.3, -0.25) is 4.79 Å². The Morgan fingerprint density at radius 2 is 1.82 bits per heavy atom. The van der Waals surface area contributed by atoms with Gasteiger partial charge in [0.2, 0.25) is 5.78 Å². The van der Waals surface area contributed by atoms with Crippen molar-refractivity contribution in [1.29, 1.82) is 0 Å². The highest BCUT2D eigenvalue weighted by Gasteiger charge is 2.30. The Morgan fingerprint density at radius 1 is 1.18 bits per heavy atom. The molecule has 1 aliphatic carbocycles. The number of halogens is 4. The second kappa shape index (κ2) is 9.68. The maximum atomic E-state index is 14.1. The zero-order chi connectivity index (χ0) is 20.8. The van der Waals surface area contributed by atoms with Gasteiger partial charge in [-0.25, -0.2) is 22.4 Å². The van der Waals surface area contributed by atoms with Gasteiger partial charge in [0.1, 0.15) is 5.57 Å². The van der Waals surface area contributed by atoms with Crippen LogP contribution in [0.4, 0.5) is 17.6 Å². The summed E-state index contributed by atoms with van der Waals surface area (Å²) in [5, 5.41) is 9.28. The second-order valence-electron chi connectivity index (χ2n) is 6.34. The summed E-state index contributed by atoms with van der Waals surface area (Å²) in [6.07, 6.45) is 4.48. The van der Waals surface area contributed by atoms with E-state index < -0.39 is 46.2 Å². The molecule has 0 aliphatic heterocycles. The van der Waals surface area contributed by atoms with Gasteiger partial charge in [-0.1, -0.05) is 12.8 Å². The fourth-order valence-corrected chi connectivity index (χ4v) is 3.17. The molecule has 1 fully saturated rings. The first-order valence-electron chi connectivity index (χ1n) is 8.95. The number of Topliss-reactive ketones (excluding diaryl/α,β-unsaturated/α-hetero) is 1. The summed E-state index contributed by atoms with van der Waals surface area (Å²) in [4.78, 5) is 26.5. The van der Waals surface area contributed by atoms with E-state index in [1.807, 2.05) is 0 Å². The lowest BCUT2D eigenvalue weighted by atomic mass is 10.0. The molecule has 28 heavy (non-hydrogen) atoms. The molecule has 1 N–H and O–H groups in total. The predicted octanol–water partition coefficient (Wildman–Crippen LogP) is 3.11. The molecule has 0 atom stereocenters. The number of hydrogen-bond acceptors (Lipinski definition) is 5. The maximum Gasteiger partial charge on any atom is 0.343 e. The van der Waals surface area contributed by atoms with Crippen molar-refractivity contribution in [2.75, 3.05) is 19.8 Å². The Kier molecular flexibility index (Phi) is 7.56. The molecule has 1 aromatic carbocycles. The lowest BCUT2D eigenvalue weighted by Crippen LogP contribution is -2.33. The van der Waals surface area contributed by atoms with E-state index in [1.54, 1.807) is 4.90 Å². The quantitative estimate of drug-likeness (QED) is 0.106. The van der Waals surface area contributed by atoms with Gasteiger partial charge in [0.15, 0.2) is 23.3 Å². The summed E-state index contributed by atoms with van der Waals surface area (Å²) in [6.45, 7) is 1.21. The summed E-state index contributed by atoms with van der Waals surface area (Å²) in [7, 11) is 0. The predicted molar refractivity (Wildman–Crippen MR) is 91.4 cm³/mol. The zero-order valence-electron chi connectivity index (χ0n) is 15.3. The Balaban J connectivity index is 2.50. The van der Waals surface area contributed by atoms with Gasteiger partial charge in [0.05, 0.1) is 18.8 Å².